The molecule has 7 nitrogen and oxygen atoms in total. The van der Waals surface area contributed by atoms with E-state index in [-0.39, 0.29) is 16.7 Å². The van der Waals surface area contributed by atoms with Crippen molar-refractivity contribution in [2.24, 2.45) is 0 Å². The fourth-order valence-corrected chi connectivity index (χ4v) is 4.04. The average Bonchev–Trinajstić information content (AvgIpc) is 3.04. The lowest BCUT2D eigenvalue weighted by Gasteiger charge is -2.25. The lowest BCUT2D eigenvalue weighted by molar-refractivity contribution is -0.140. The molecule has 176 valence electrons. The number of aliphatic hydroxyl groups excluding tert-OH is 1. The molecule has 1 amide bonds. The maximum Gasteiger partial charge on any atom is 0.295 e. The van der Waals surface area contributed by atoms with Crippen molar-refractivity contribution in [3.05, 3.63) is 65.0 Å². The number of amides is 1. The zero-order valence-electron chi connectivity index (χ0n) is 19.9. The standard InChI is InChI=1S/C26H32N2O5/c1-6-33-20-12-11-17(16-18(20)26(2,3)4)23(29)21-22(19-10-7-8-13-27-19)28(14-9-15-32-5)25(31)24(21)30/h7-8,10-13,16,22,29H,6,9,14-15H2,1-5H3/b23-21-. The Balaban J connectivity index is 2.15. The second-order valence-electron chi connectivity index (χ2n) is 8.99. The van der Waals surface area contributed by atoms with Gasteiger partial charge in [0.05, 0.1) is 17.9 Å². The van der Waals surface area contributed by atoms with Crippen LogP contribution in [0.4, 0.5) is 0 Å². The first kappa shape index (κ1) is 24.5. The second-order valence-corrected chi connectivity index (χ2v) is 8.99. The summed E-state index contributed by atoms with van der Waals surface area (Å²) in [5.74, 6) is -0.855. The number of aromatic nitrogens is 1. The number of ether oxygens (including phenoxy) is 2. The normalized spacial score (nSPS) is 18.1. The smallest absolute Gasteiger partial charge is 0.295 e. The quantitative estimate of drug-likeness (QED) is 0.279. The lowest BCUT2D eigenvalue weighted by Crippen LogP contribution is -2.31. The number of hydrogen-bond acceptors (Lipinski definition) is 6. The van der Waals surface area contributed by atoms with Crippen molar-refractivity contribution in [2.75, 3.05) is 26.9 Å². The summed E-state index contributed by atoms with van der Waals surface area (Å²) in [6, 6.07) is 9.88. The van der Waals surface area contributed by atoms with Crippen LogP contribution in [0.25, 0.3) is 5.76 Å². The largest absolute Gasteiger partial charge is 0.507 e. The number of hydrogen-bond donors (Lipinski definition) is 1. The van der Waals surface area contributed by atoms with E-state index >= 15 is 0 Å². The van der Waals surface area contributed by atoms with Gasteiger partial charge >= 0.3 is 0 Å². The lowest BCUT2D eigenvalue weighted by atomic mass is 9.84. The van der Waals surface area contributed by atoms with Crippen molar-refractivity contribution in [3.8, 4) is 5.75 Å². The molecule has 3 rings (SSSR count). The van der Waals surface area contributed by atoms with E-state index < -0.39 is 17.7 Å². The van der Waals surface area contributed by atoms with Crippen LogP contribution in [0.3, 0.4) is 0 Å². The summed E-state index contributed by atoms with van der Waals surface area (Å²) in [6.45, 7) is 9.35. The fourth-order valence-electron chi connectivity index (χ4n) is 4.04. The molecule has 1 atom stereocenters. The molecule has 2 heterocycles. The summed E-state index contributed by atoms with van der Waals surface area (Å²) in [7, 11) is 1.59. The Morgan fingerprint density at radius 1 is 1.18 bits per heavy atom. The van der Waals surface area contributed by atoms with E-state index in [0.29, 0.717) is 37.4 Å². The van der Waals surface area contributed by atoms with Gasteiger partial charge in [-0.1, -0.05) is 26.8 Å². The Bertz CT molecular complexity index is 1040. The van der Waals surface area contributed by atoms with Gasteiger partial charge in [0.15, 0.2) is 0 Å². The molecule has 1 aliphatic rings. The van der Waals surface area contributed by atoms with E-state index in [0.717, 1.165) is 11.3 Å². The number of rotatable bonds is 8. The maximum absolute atomic E-state index is 13.1. The van der Waals surface area contributed by atoms with Crippen LogP contribution in [-0.4, -0.2) is 53.5 Å². The Labute approximate surface area is 195 Å². The van der Waals surface area contributed by atoms with Crippen molar-refractivity contribution in [1.82, 2.24) is 9.88 Å². The van der Waals surface area contributed by atoms with Crippen LogP contribution in [0.15, 0.2) is 48.2 Å². The molecule has 0 bridgehead atoms. The minimum atomic E-state index is -0.771. The third kappa shape index (κ3) is 5.09. The molecular weight excluding hydrogens is 420 g/mol. The molecule has 0 aliphatic carbocycles. The highest BCUT2D eigenvalue weighted by Crippen LogP contribution is 2.40. The third-order valence-electron chi connectivity index (χ3n) is 5.62. The SMILES string of the molecule is CCOc1ccc(/C(O)=C2/C(=O)C(=O)N(CCCOC)C2c2ccccn2)cc1C(C)(C)C. The Morgan fingerprint density at radius 2 is 1.94 bits per heavy atom. The molecule has 0 spiro atoms. The number of pyridine rings is 1. The first-order valence-corrected chi connectivity index (χ1v) is 11.2. The number of aliphatic hydroxyl groups is 1. The topological polar surface area (TPSA) is 89.0 Å². The zero-order valence-corrected chi connectivity index (χ0v) is 19.9. The summed E-state index contributed by atoms with van der Waals surface area (Å²) in [4.78, 5) is 31.9. The van der Waals surface area contributed by atoms with Crippen LogP contribution in [0, 0.1) is 0 Å². The number of carbonyl (C=O) groups is 2. The molecule has 1 saturated heterocycles. The maximum atomic E-state index is 13.1. The van der Waals surface area contributed by atoms with E-state index in [4.69, 9.17) is 9.47 Å². The number of benzene rings is 1. The molecular formula is C26H32N2O5. The van der Waals surface area contributed by atoms with Crippen LogP contribution in [0.1, 0.15) is 57.0 Å². The molecule has 0 saturated carbocycles. The zero-order chi connectivity index (χ0) is 24.2. The van der Waals surface area contributed by atoms with Gasteiger partial charge in [-0.3, -0.25) is 14.6 Å². The monoisotopic (exact) mass is 452 g/mol. The van der Waals surface area contributed by atoms with Crippen LogP contribution >= 0.6 is 0 Å². The third-order valence-corrected chi connectivity index (χ3v) is 5.62. The van der Waals surface area contributed by atoms with Gasteiger partial charge in [-0.05, 0) is 49.1 Å². The highest BCUT2D eigenvalue weighted by Gasteiger charge is 2.46. The van der Waals surface area contributed by atoms with Gasteiger partial charge < -0.3 is 19.5 Å². The summed E-state index contributed by atoms with van der Waals surface area (Å²) >= 11 is 0. The van der Waals surface area contributed by atoms with Crippen molar-refractivity contribution < 1.29 is 24.2 Å². The van der Waals surface area contributed by atoms with Crippen LogP contribution in [0.5, 0.6) is 5.75 Å². The Morgan fingerprint density at radius 3 is 2.55 bits per heavy atom. The van der Waals surface area contributed by atoms with Gasteiger partial charge in [0, 0.05) is 37.6 Å². The molecule has 7 heteroatoms. The first-order chi connectivity index (χ1) is 15.7. The van der Waals surface area contributed by atoms with Crippen molar-refractivity contribution in [2.45, 2.75) is 45.6 Å². The van der Waals surface area contributed by atoms with E-state index in [9.17, 15) is 14.7 Å². The molecule has 1 N–H and O–H groups in total. The average molecular weight is 453 g/mol. The molecule has 33 heavy (non-hydrogen) atoms. The molecule has 1 aliphatic heterocycles. The fraction of sp³-hybridized carbons (Fsp3) is 0.423. The number of likely N-dealkylation sites (tertiary alicyclic amines) is 1. The van der Waals surface area contributed by atoms with Crippen LogP contribution in [-0.2, 0) is 19.7 Å². The minimum absolute atomic E-state index is 0.0418. The minimum Gasteiger partial charge on any atom is -0.507 e. The highest BCUT2D eigenvalue weighted by atomic mass is 16.5. The second kappa shape index (κ2) is 10.2. The van der Waals surface area contributed by atoms with Crippen LogP contribution in [0.2, 0.25) is 0 Å². The first-order valence-electron chi connectivity index (χ1n) is 11.2. The molecule has 1 fully saturated rings. The number of ketones is 1. The molecule has 0 radical (unpaired) electrons. The summed E-state index contributed by atoms with van der Waals surface area (Å²) in [5, 5.41) is 11.3. The van der Waals surface area contributed by atoms with E-state index in [2.05, 4.69) is 25.8 Å². The van der Waals surface area contributed by atoms with E-state index in [1.807, 2.05) is 13.0 Å². The van der Waals surface area contributed by atoms with Crippen molar-refractivity contribution in [3.63, 3.8) is 0 Å². The van der Waals surface area contributed by atoms with Crippen LogP contribution < -0.4 is 4.74 Å². The summed E-state index contributed by atoms with van der Waals surface area (Å²) < 4.78 is 10.9. The van der Waals surface area contributed by atoms with Crippen molar-refractivity contribution >= 4 is 17.4 Å². The number of methoxy groups -OCH3 is 1. The van der Waals surface area contributed by atoms with Gasteiger partial charge in [0.1, 0.15) is 17.6 Å². The van der Waals surface area contributed by atoms with Gasteiger partial charge in [-0.25, -0.2) is 0 Å². The predicted molar refractivity (Wildman–Crippen MR) is 126 cm³/mol. The number of Topliss-reactive ketones (excluding diaryl/α,β-unsaturated/α-hetero) is 1. The van der Waals surface area contributed by atoms with Crippen molar-refractivity contribution in [1.29, 1.82) is 0 Å². The van der Waals surface area contributed by atoms with E-state index in [1.165, 1.54) is 4.90 Å². The van der Waals surface area contributed by atoms with Gasteiger partial charge in [-0.2, -0.15) is 0 Å². The predicted octanol–water partition coefficient (Wildman–Crippen LogP) is 4.24. The highest BCUT2D eigenvalue weighted by molar-refractivity contribution is 6.46. The number of nitrogens with zero attached hydrogens (tertiary/aromatic N) is 2. The van der Waals surface area contributed by atoms with E-state index in [1.54, 1.807) is 43.6 Å². The molecule has 1 aromatic heterocycles. The number of carbonyl (C=O) groups excluding carboxylic acids is 2. The Kier molecular flexibility index (Phi) is 7.53. The summed E-state index contributed by atoms with van der Waals surface area (Å²) in [5.41, 5.74) is 1.67. The van der Waals surface area contributed by atoms with Gasteiger partial charge in [0.2, 0.25) is 0 Å². The molecule has 1 unspecified atom stereocenters. The Hall–Kier alpha value is -3.19. The van der Waals surface area contributed by atoms with Gasteiger partial charge in [0.25, 0.3) is 11.7 Å². The summed E-state index contributed by atoms with van der Waals surface area (Å²) in [6.07, 6.45) is 2.17. The molecule has 2 aromatic rings. The molecule has 1 aromatic carbocycles. The van der Waals surface area contributed by atoms with Gasteiger partial charge in [-0.15, -0.1) is 0 Å².